The number of alkyl halides is 3. The minimum Gasteiger partial charge on any atom is -0.481 e. The highest BCUT2D eigenvalue weighted by atomic mass is 19.4. The van der Waals surface area contributed by atoms with Gasteiger partial charge in [0.1, 0.15) is 0 Å². The van der Waals surface area contributed by atoms with Crippen LogP contribution in [0.4, 0.5) is 13.2 Å². The van der Waals surface area contributed by atoms with Gasteiger partial charge in [0.15, 0.2) is 0 Å². The highest BCUT2D eigenvalue weighted by Gasteiger charge is 2.40. The summed E-state index contributed by atoms with van der Waals surface area (Å²) in [7, 11) is 0. The summed E-state index contributed by atoms with van der Waals surface area (Å²) in [6, 6.07) is -1.00. The van der Waals surface area contributed by atoms with Gasteiger partial charge in [-0.3, -0.25) is 9.59 Å². The summed E-state index contributed by atoms with van der Waals surface area (Å²) in [4.78, 5) is 22.9. The van der Waals surface area contributed by atoms with Gasteiger partial charge in [-0.1, -0.05) is 0 Å². The van der Waals surface area contributed by atoms with Gasteiger partial charge < -0.3 is 10.0 Å². The molecule has 1 aliphatic heterocycles. The molecule has 0 aromatic rings. The quantitative estimate of drug-likeness (QED) is 0.806. The van der Waals surface area contributed by atoms with Gasteiger partial charge in [-0.05, 0) is 6.92 Å². The monoisotopic (exact) mass is 239 g/mol. The zero-order chi connectivity index (χ0) is 12.5. The predicted molar refractivity (Wildman–Crippen MR) is 47.6 cm³/mol. The third-order valence-electron chi connectivity index (χ3n) is 2.57. The molecule has 1 N–H and O–H groups in total. The Balaban J connectivity index is 2.61. The van der Waals surface area contributed by atoms with Crippen molar-refractivity contribution in [3.8, 4) is 0 Å². The molecule has 16 heavy (non-hydrogen) atoms. The molecule has 1 amide bonds. The Labute approximate surface area is 90.0 Å². The van der Waals surface area contributed by atoms with Crippen LogP contribution < -0.4 is 0 Å². The fraction of sp³-hybridized carbons (Fsp3) is 0.778. The number of carbonyl (C=O) groups is 2. The highest BCUT2D eigenvalue weighted by Crippen LogP contribution is 2.28. The fourth-order valence-corrected chi connectivity index (χ4v) is 1.77. The Morgan fingerprint density at radius 1 is 1.62 bits per heavy atom. The van der Waals surface area contributed by atoms with Crippen molar-refractivity contribution in [2.45, 2.75) is 32.0 Å². The van der Waals surface area contributed by atoms with Crippen molar-refractivity contribution in [1.29, 1.82) is 0 Å². The molecule has 92 valence electrons. The number of carbonyl (C=O) groups excluding carboxylic acids is 1. The molecule has 7 heteroatoms. The first-order valence-corrected chi connectivity index (χ1v) is 4.79. The molecule has 0 aromatic carbocycles. The van der Waals surface area contributed by atoms with E-state index in [1.807, 2.05) is 0 Å². The van der Waals surface area contributed by atoms with Gasteiger partial charge in [-0.25, -0.2) is 0 Å². The Bertz CT molecular complexity index is 303. The molecule has 0 saturated carbocycles. The molecule has 2 unspecified atom stereocenters. The SMILES string of the molecule is CC(CC(F)(F)F)N1CC(C(=O)O)CC1=O. The van der Waals surface area contributed by atoms with E-state index in [2.05, 4.69) is 0 Å². The molecule has 1 heterocycles. The van der Waals surface area contributed by atoms with Crippen molar-refractivity contribution >= 4 is 11.9 Å². The summed E-state index contributed by atoms with van der Waals surface area (Å²) >= 11 is 0. The summed E-state index contributed by atoms with van der Waals surface area (Å²) in [5, 5.41) is 8.66. The molecule has 0 aliphatic carbocycles. The summed E-state index contributed by atoms with van der Waals surface area (Å²) in [6.45, 7) is 1.14. The second-order valence-corrected chi connectivity index (χ2v) is 3.95. The van der Waals surface area contributed by atoms with Crippen LogP contribution in [-0.4, -0.2) is 40.6 Å². The molecular weight excluding hydrogens is 227 g/mol. The Morgan fingerprint density at radius 2 is 2.19 bits per heavy atom. The van der Waals surface area contributed by atoms with Crippen molar-refractivity contribution < 1.29 is 27.9 Å². The summed E-state index contributed by atoms with van der Waals surface area (Å²) in [6.07, 6.45) is -5.66. The van der Waals surface area contributed by atoms with Gasteiger partial charge >= 0.3 is 12.1 Å². The number of carboxylic acid groups (broad SMARTS) is 1. The number of carboxylic acids is 1. The van der Waals surface area contributed by atoms with Crippen molar-refractivity contribution in [3.63, 3.8) is 0 Å². The van der Waals surface area contributed by atoms with Crippen LogP contribution in [0.15, 0.2) is 0 Å². The van der Waals surface area contributed by atoms with E-state index in [1.54, 1.807) is 0 Å². The fourth-order valence-electron chi connectivity index (χ4n) is 1.77. The first kappa shape index (κ1) is 12.8. The lowest BCUT2D eigenvalue weighted by molar-refractivity contribution is -0.150. The van der Waals surface area contributed by atoms with Crippen molar-refractivity contribution in [2.24, 2.45) is 5.92 Å². The number of aliphatic carboxylic acids is 1. The van der Waals surface area contributed by atoms with Crippen molar-refractivity contribution in [2.75, 3.05) is 6.54 Å². The topological polar surface area (TPSA) is 57.6 Å². The maximum Gasteiger partial charge on any atom is 0.391 e. The van der Waals surface area contributed by atoms with E-state index < -0.39 is 36.4 Å². The van der Waals surface area contributed by atoms with E-state index >= 15 is 0 Å². The predicted octanol–water partition coefficient (Wildman–Crippen LogP) is 1.26. The molecular formula is C9H12F3NO3. The average Bonchev–Trinajstić information content (AvgIpc) is 2.44. The van der Waals surface area contributed by atoms with Crippen LogP contribution in [0.3, 0.4) is 0 Å². The lowest BCUT2D eigenvalue weighted by Gasteiger charge is -2.25. The molecule has 2 atom stereocenters. The summed E-state index contributed by atoms with van der Waals surface area (Å²) in [5.74, 6) is -2.55. The van der Waals surface area contributed by atoms with Gasteiger partial charge in [0.2, 0.25) is 5.91 Å². The van der Waals surface area contributed by atoms with Crippen LogP contribution in [0.2, 0.25) is 0 Å². The zero-order valence-corrected chi connectivity index (χ0v) is 8.62. The molecule has 1 aliphatic rings. The maximum atomic E-state index is 12.1. The van der Waals surface area contributed by atoms with Crippen LogP contribution in [-0.2, 0) is 9.59 Å². The first-order chi connectivity index (χ1) is 7.20. The normalized spacial score (nSPS) is 23.6. The largest absolute Gasteiger partial charge is 0.481 e. The molecule has 0 aromatic heterocycles. The molecule has 0 bridgehead atoms. The molecule has 1 saturated heterocycles. The van der Waals surface area contributed by atoms with E-state index in [4.69, 9.17) is 5.11 Å². The van der Waals surface area contributed by atoms with Crippen LogP contribution >= 0.6 is 0 Å². The number of hydrogen-bond donors (Lipinski definition) is 1. The number of rotatable bonds is 3. The van der Waals surface area contributed by atoms with E-state index in [0.717, 1.165) is 4.90 Å². The summed E-state index contributed by atoms with van der Waals surface area (Å²) in [5.41, 5.74) is 0. The summed E-state index contributed by atoms with van der Waals surface area (Å²) < 4.78 is 36.3. The Morgan fingerprint density at radius 3 is 2.56 bits per heavy atom. The molecule has 0 radical (unpaired) electrons. The molecule has 4 nitrogen and oxygen atoms in total. The lowest BCUT2D eigenvalue weighted by Crippen LogP contribution is -2.37. The van der Waals surface area contributed by atoms with Crippen LogP contribution in [0.1, 0.15) is 19.8 Å². The molecule has 1 fully saturated rings. The number of halogens is 3. The van der Waals surface area contributed by atoms with Crippen molar-refractivity contribution in [3.05, 3.63) is 0 Å². The second-order valence-electron chi connectivity index (χ2n) is 3.95. The average molecular weight is 239 g/mol. The third-order valence-corrected chi connectivity index (χ3v) is 2.57. The zero-order valence-electron chi connectivity index (χ0n) is 8.62. The maximum absolute atomic E-state index is 12.1. The molecule has 1 rings (SSSR count). The van der Waals surface area contributed by atoms with E-state index in [1.165, 1.54) is 6.92 Å². The second kappa shape index (κ2) is 4.31. The number of amides is 1. The van der Waals surface area contributed by atoms with Crippen LogP contribution in [0.25, 0.3) is 0 Å². The van der Waals surface area contributed by atoms with Gasteiger partial charge in [0.05, 0.1) is 12.3 Å². The first-order valence-electron chi connectivity index (χ1n) is 4.79. The van der Waals surface area contributed by atoms with Crippen LogP contribution in [0.5, 0.6) is 0 Å². The number of nitrogens with zero attached hydrogens (tertiary/aromatic N) is 1. The van der Waals surface area contributed by atoms with E-state index in [0.29, 0.717) is 0 Å². The minimum absolute atomic E-state index is 0.134. The standard InChI is InChI=1S/C9H12F3NO3/c1-5(3-9(10,11)12)13-4-6(8(15)16)2-7(13)14/h5-6H,2-4H2,1H3,(H,15,16). The van der Waals surface area contributed by atoms with Gasteiger partial charge in [0, 0.05) is 19.0 Å². The smallest absolute Gasteiger partial charge is 0.391 e. The van der Waals surface area contributed by atoms with Gasteiger partial charge in [0.25, 0.3) is 0 Å². The molecule has 0 spiro atoms. The Kier molecular flexibility index (Phi) is 3.44. The van der Waals surface area contributed by atoms with E-state index in [9.17, 15) is 22.8 Å². The Hall–Kier alpha value is -1.27. The number of hydrogen-bond acceptors (Lipinski definition) is 2. The highest BCUT2D eigenvalue weighted by molar-refractivity contribution is 5.86. The van der Waals surface area contributed by atoms with Gasteiger partial charge in [-0.2, -0.15) is 13.2 Å². The van der Waals surface area contributed by atoms with E-state index in [-0.39, 0.29) is 13.0 Å². The van der Waals surface area contributed by atoms with Crippen molar-refractivity contribution in [1.82, 2.24) is 4.90 Å². The third kappa shape index (κ3) is 3.11. The van der Waals surface area contributed by atoms with Crippen LogP contribution in [0, 0.1) is 5.92 Å². The number of likely N-dealkylation sites (tertiary alicyclic amines) is 1. The minimum atomic E-state index is -4.35. The lowest BCUT2D eigenvalue weighted by atomic mass is 10.1. The van der Waals surface area contributed by atoms with Gasteiger partial charge in [-0.15, -0.1) is 0 Å².